The third-order valence-corrected chi connectivity index (χ3v) is 7.44. The maximum Gasteiger partial charge on any atom is 0.419 e. The van der Waals surface area contributed by atoms with Gasteiger partial charge < -0.3 is 9.32 Å². The van der Waals surface area contributed by atoms with Crippen LogP contribution in [-0.4, -0.2) is 63.0 Å². The Labute approximate surface area is 183 Å². The molecule has 4 heterocycles. The van der Waals surface area contributed by atoms with Crippen molar-refractivity contribution in [2.45, 2.75) is 11.8 Å². The number of aryl methyl sites for hydroxylation is 2. The van der Waals surface area contributed by atoms with Crippen LogP contribution in [0, 0.1) is 6.92 Å². The second-order valence-electron chi connectivity index (χ2n) is 7.55. The third kappa shape index (κ3) is 3.46. The standard InChI is InChI=1S/C20H21N7O4S/c1-14-22-18(12-19(23-14)26-6-5-21-13-26)25-7-9-27(10-8-25)32(29,30)15-3-4-17-16(11-15)24(2)20(28)31-17/h3-6,11-13H,7-10H2,1-2H3. The maximum absolute atomic E-state index is 13.2. The van der Waals surface area contributed by atoms with E-state index in [9.17, 15) is 13.2 Å². The van der Waals surface area contributed by atoms with Crippen LogP contribution in [0.2, 0.25) is 0 Å². The van der Waals surface area contributed by atoms with E-state index in [1.807, 2.05) is 24.1 Å². The van der Waals surface area contributed by atoms with Gasteiger partial charge in [0.05, 0.1) is 10.4 Å². The number of benzene rings is 1. The molecule has 1 saturated heterocycles. The molecule has 11 nitrogen and oxygen atoms in total. The molecule has 0 saturated carbocycles. The zero-order valence-corrected chi connectivity index (χ0v) is 18.4. The van der Waals surface area contributed by atoms with Crippen molar-refractivity contribution in [2.24, 2.45) is 7.05 Å². The van der Waals surface area contributed by atoms with E-state index in [1.165, 1.54) is 27.1 Å². The molecular formula is C20H21N7O4S. The lowest BCUT2D eigenvalue weighted by Crippen LogP contribution is -2.49. The van der Waals surface area contributed by atoms with E-state index in [2.05, 4.69) is 15.0 Å². The topological polar surface area (TPSA) is 119 Å². The smallest absolute Gasteiger partial charge is 0.408 e. The fourth-order valence-electron chi connectivity index (χ4n) is 3.80. The van der Waals surface area contributed by atoms with Crippen molar-refractivity contribution in [3.63, 3.8) is 0 Å². The van der Waals surface area contributed by atoms with Crippen LogP contribution < -0.4 is 10.7 Å². The molecule has 4 aromatic rings. The molecule has 0 amide bonds. The molecule has 0 radical (unpaired) electrons. The average molecular weight is 456 g/mol. The Bertz CT molecular complexity index is 1450. The molecule has 0 N–H and O–H groups in total. The maximum atomic E-state index is 13.2. The minimum atomic E-state index is -3.71. The van der Waals surface area contributed by atoms with Crippen molar-refractivity contribution in [3.05, 3.63) is 59.4 Å². The lowest BCUT2D eigenvalue weighted by atomic mass is 10.3. The van der Waals surface area contributed by atoms with Gasteiger partial charge in [0.25, 0.3) is 0 Å². The van der Waals surface area contributed by atoms with Gasteiger partial charge in [-0.15, -0.1) is 0 Å². The monoisotopic (exact) mass is 455 g/mol. The molecule has 0 aliphatic carbocycles. The Kier molecular flexibility index (Phi) is 4.82. The first kappa shape index (κ1) is 20.4. The van der Waals surface area contributed by atoms with Crippen molar-refractivity contribution in [3.8, 4) is 5.82 Å². The highest BCUT2D eigenvalue weighted by Gasteiger charge is 2.30. The summed E-state index contributed by atoms with van der Waals surface area (Å²) in [6.07, 6.45) is 5.16. The number of anilines is 1. The van der Waals surface area contributed by atoms with Crippen molar-refractivity contribution in [1.29, 1.82) is 0 Å². The van der Waals surface area contributed by atoms with Gasteiger partial charge in [0, 0.05) is 51.7 Å². The molecule has 3 aromatic heterocycles. The largest absolute Gasteiger partial charge is 0.419 e. The number of hydrogen-bond acceptors (Lipinski definition) is 8. The van der Waals surface area contributed by atoms with E-state index in [0.717, 1.165) is 5.82 Å². The Morgan fingerprint density at radius 3 is 2.50 bits per heavy atom. The molecule has 1 aliphatic rings. The van der Waals surface area contributed by atoms with Crippen LogP contribution in [0.1, 0.15) is 5.82 Å². The fraction of sp³-hybridized carbons (Fsp3) is 0.300. The molecule has 0 spiro atoms. The van der Waals surface area contributed by atoms with Crippen molar-refractivity contribution >= 4 is 26.9 Å². The van der Waals surface area contributed by atoms with Crippen LogP contribution in [0.5, 0.6) is 0 Å². The number of sulfonamides is 1. The van der Waals surface area contributed by atoms with E-state index in [0.29, 0.717) is 48.9 Å². The highest BCUT2D eigenvalue weighted by molar-refractivity contribution is 7.89. The Balaban J connectivity index is 1.37. The molecular weight excluding hydrogens is 434 g/mol. The van der Waals surface area contributed by atoms with Crippen molar-refractivity contribution in [2.75, 3.05) is 31.1 Å². The number of hydrogen-bond donors (Lipinski definition) is 0. The minimum Gasteiger partial charge on any atom is -0.408 e. The zero-order chi connectivity index (χ0) is 22.5. The second-order valence-corrected chi connectivity index (χ2v) is 9.49. The summed E-state index contributed by atoms with van der Waals surface area (Å²) in [4.78, 5) is 26.9. The van der Waals surface area contributed by atoms with Gasteiger partial charge in [-0.1, -0.05) is 0 Å². The summed E-state index contributed by atoms with van der Waals surface area (Å²) in [5, 5.41) is 0. The lowest BCUT2D eigenvalue weighted by molar-refractivity contribution is 0.383. The van der Waals surface area contributed by atoms with Crippen LogP contribution in [0.15, 0.2) is 57.1 Å². The van der Waals surface area contributed by atoms with Gasteiger partial charge in [-0.2, -0.15) is 4.31 Å². The number of imidazole rings is 1. The summed E-state index contributed by atoms with van der Waals surface area (Å²) in [6.45, 7) is 3.43. The normalized spacial score (nSPS) is 15.5. The number of rotatable bonds is 4. The summed E-state index contributed by atoms with van der Waals surface area (Å²) in [5.41, 5.74) is 0.798. The van der Waals surface area contributed by atoms with Gasteiger partial charge in [-0.25, -0.2) is 28.2 Å². The van der Waals surface area contributed by atoms with E-state index in [1.54, 1.807) is 24.1 Å². The van der Waals surface area contributed by atoms with Crippen LogP contribution in [0.3, 0.4) is 0 Å². The number of nitrogens with zero attached hydrogens (tertiary/aromatic N) is 7. The van der Waals surface area contributed by atoms with Crippen molar-refractivity contribution in [1.82, 2.24) is 28.4 Å². The molecule has 0 bridgehead atoms. The first-order chi connectivity index (χ1) is 15.3. The number of piperazine rings is 1. The molecule has 5 rings (SSSR count). The number of fused-ring (bicyclic) bond motifs is 1. The summed E-state index contributed by atoms with van der Waals surface area (Å²) in [6, 6.07) is 6.33. The average Bonchev–Trinajstić information content (AvgIpc) is 3.42. The SMILES string of the molecule is Cc1nc(N2CCN(S(=O)(=O)c3ccc4oc(=O)n(C)c4c3)CC2)cc(-n2ccnc2)n1. The first-order valence-corrected chi connectivity index (χ1v) is 11.5. The summed E-state index contributed by atoms with van der Waals surface area (Å²) < 4.78 is 36.1. The highest BCUT2D eigenvalue weighted by atomic mass is 32.2. The van der Waals surface area contributed by atoms with E-state index in [4.69, 9.17) is 4.42 Å². The van der Waals surface area contributed by atoms with Crippen LogP contribution in [-0.2, 0) is 17.1 Å². The van der Waals surface area contributed by atoms with Gasteiger partial charge in [0.2, 0.25) is 10.0 Å². The predicted molar refractivity (Wildman–Crippen MR) is 116 cm³/mol. The quantitative estimate of drug-likeness (QED) is 0.446. The predicted octanol–water partition coefficient (Wildman–Crippen LogP) is 0.927. The van der Waals surface area contributed by atoms with Gasteiger partial charge in [0.1, 0.15) is 23.8 Å². The summed E-state index contributed by atoms with van der Waals surface area (Å²) in [7, 11) is -2.17. The molecule has 166 valence electrons. The van der Waals surface area contributed by atoms with Gasteiger partial charge in [-0.3, -0.25) is 9.13 Å². The van der Waals surface area contributed by atoms with E-state index < -0.39 is 15.8 Å². The van der Waals surface area contributed by atoms with E-state index >= 15 is 0 Å². The molecule has 1 aromatic carbocycles. The number of oxazole rings is 1. The molecule has 12 heteroatoms. The van der Waals surface area contributed by atoms with Crippen LogP contribution >= 0.6 is 0 Å². The second kappa shape index (κ2) is 7.57. The molecule has 1 aliphatic heterocycles. The highest BCUT2D eigenvalue weighted by Crippen LogP contribution is 2.24. The van der Waals surface area contributed by atoms with Gasteiger partial charge in [-0.05, 0) is 25.1 Å². The Hall–Kier alpha value is -3.51. The van der Waals surface area contributed by atoms with Crippen molar-refractivity contribution < 1.29 is 12.8 Å². The van der Waals surface area contributed by atoms with Gasteiger partial charge in [0.15, 0.2) is 5.58 Å². The van der Waals surface area contributed by atoms with Crippen LogP contribution in [0.25, 0.3) is 16.9 Å². The molecule has 1 fully saturated rings. The third-order valence-electron chi connectivity index (χ3n) is 5.54. The van der Waals surface area contributed by atoms with Gasteiger partial charge >= 0.3 is 5.76 Å². The Morgan fingerprint density at radius 2 is 1.78 bits per heavy atom. The number of aromatic nitrogens is 5. The molecule has 32 heavy (non-hydrogen) atoms. The minimum absolute atomic E-state index is 0.134. The van der Waals surface area contributed by atoms with E-state index in [-0.39, 0.29) is 4.90 Å². The summed E-state index contributed by atoms with van der Waals surface area (Å²) >= 11 is 0. The molecule has 0 unspecified atom stereocenters. The first-order valence-electron chi connectivity index (χ1n) is 10.0. The summed E-state index contributed by atoms with van der Waals surface area (Å²) in [5.74, 6) is 1.55. The van der Waals surface area contributed by atoms with Crippen LogP contribution in [0.4, 0.5) is 5.82 Å². The Morgan fingerprint density at radius 1 is 1.03 bits per heavy atom. The zero-order valence-electron chi connectivity index (χ0n) is 17.5. The fourth-order valence-corrected chi connectivity index (χ4v) is 5.24. The lowest BCUT2D eigenvalue weighted by Gasteiger charge is -2.34. The molecule has 0 atom stereocenters.